The number of halogens is 3. The van der Waals surface area contributed by atoms with Crippen LogP contribution in [0.3, 0.4) is 0 Å². The molecule has 1 aromatic rings. The molecule has 0 atom stereocenters. The van der Waals surface area contributed by atoms with Crippen LogP contribution in [-0.4, -0.2) is 20.1 Å². The Hall–Kier alpha value is 0.670. The summed E-state index contributed by atoms with van der Waals surface area (Å²) < 4.78 is 1.86. The minimum absolute atomic E-state index is 0.588. The molecule has 1 heterocycles. The SMILES string of the molecule is O=CC1=C(Cl)c2ccccc2[Te]1(Br)Br. The fraction of sp³-hybridized carbons (Fsp3) is 0. The Morgan fingerprint density at radius 2 is 1.93 bits per heavy atom. The van der Waals surface area contributed by atoms with E-state index in [1.807, 2.05) is 24.3 Å². The van der Waals surface area contributed by atoms with Gasteiger partial charge in [-0.25, -0.2) is 0 Å². The van der Waals surface area contributed by atoms with E-state index in [0.29, 0.717) is 8.65 Å². The van der Waals surface area contributed by atoms with Crippen LogP contribution in [0.2, 0.25) is 0 Å². The van der Waals surface area contributed by atoms with Gasteiger partial charge < -0.3 is 0 Å². The van der Waals surface area contributed by atoms with Gasteiger partial charge in [0.25, 0.3) is 0 Å². The molecule has 0 bridgehead atoms. The Morgan fingerprint density at radius 1 is 1.29 bits per heavy atom. The van der Waals surface area contributed by atoms with E-state index < -0.39 is 13.8 Å². The zero-order valence-electron chi connectivity index (χ0n) is 6.84. The van der Waals surface area contributed by atoms with E-state index in [1.165, 1.54) is 0 Å². The molecule has 5 heteroatoms. The van der Waals surface area contributed by atoms with Crippen molar-refractivity contribution < 1.29 is 4.79 Å². The standard InChI is InChI=1S/C9H5Br2ClOTe/c10-14(11)7-4-2-1-3-6(7)9(12)8(14)5-13/h1-5H. The van der Waals surface area contributed by atoms with Crippen molar-refractivity contribution in [3.63, 3.8) is 0 Å². The van der Waals surface area contributed by atoms with Gasteiger partial charge in [-0.1, -0.05) is 0 Å². The van der Waals surface area contributed by atoms with Crippen molar-refractivity contribution in [3.05, 3.63) is 33.4 Å². The first-order chi connectivity index (χ1) is 6.59. The van der Waals surface area contributed by atoms with Crippen LogP contribution < -0.4 is 3.61 Å². The Labute approximate surface area is 103 Å². The van der Waals surface area contributed by atoms with E-state index in [9.17, 15) is 4.79 Å². The first kappa shape index (κ1) is 11.2. The first-order valence-corrected chi connectivity index (χ1v) is 16.9. The number of allylic oxidation sites excluding steroid dienone is 1. The molecule has 1 aromatic carbocycles. The Bertz CT molecular complexity index is 442. The average Bonchev–Trinajstić information content (AvgIpc) is 2.36. The molecule has 14 heavy (non-hydrogen) atoms. The third kappa shape index (κ3) is 1.52. The monoisotopic (exact) mass is 452 g/mol. The second-order valence-corrected chi connectivity index (χ2v) is 27.2. The second-order valence-electron chi connectivity index (χ2n) is 2.76. The van der Waals surface area contributed by atoms with Crippen molar-refractivity contribution in [1.29, 1.82) is 0 Å². The number of carbonyl (C=O) groups is 1. The summed E-state index contributed by atoms with van der Waals surface area (Å²) in [5.41, 5.74) is 0.978. The van der Waals surface area contributed by atoms with Gasteiger partial charge in [-0.15, -0.1) is 0 Å². The van der Waals surface area contributed by atoms with Gasteiger partial charge in [0.15, 0.2) is 0 Å². The molecule has 0 saturated carbocycles. The van der Waals surface area contributed by atoms with Crippen molar-refractivity contribution in [3.8, 4) is 0 Å². The number of aldehydes is 1. The molecule has 0 spiro atoms. The van der Waals surface area contributed by atoms with Gasteiger partial charge in [-0.05, 0) is 0 Å². The Morgan fingerprint density at radius 3 is 2.50 bits per heavy atom. The summed E-state index contributed by atoms with van der Waals surface area (Å²) in [4.78, 5) is 10.9. The summed E-state index contributed by atoms with van der Waals surface area (Å²) in [7, 11) is 0. The van der Waals surface area contributed by atoms with Crippen LogP contribution in [0, 0.1) is 0 Å². The summed E-state index contributed by atoms with van der Waals surface area (Å²) in [6, 6.07) is 7.84. The van der Waals surface area contributed by atoms with E-state index in [2.05, 4.69) is 25.5 Å². The quantitative estimate of drug-likeness (QED) is 0.474. The van der Waals surface area contributed by atoms with Crippen molar-refractivity contribution in [2.24, 2.45) is 0 Å². The first-order valence-electron chi connectivity index (χ1n) is 3.76. The summed E-state index contributed by atoms with van der Waals surface area (Å²) in [6.45, 7) is 0. The number of hydrogen-bond acceptors (Lipinski definition) is 1. The third-order valence-electron chi connectivity index (χ3n) is 2.00. The molecule has 0 radical (unpaired) electrons. The molecule has 0 aromatic heterocycles. The van der Waals surface area contributed by atoms with Gasteiger partial charge in [-0.3, -0.25) is 0 Å². The Balaban J connectivity index is 2.74. The third-order valence-corrected chi connectivity index (χ3v) is 17.1. The topological polar surface area (TPSA) is 17.1 Å². The van der Waals surface area contributed by atoms with E-state index in [4.69, 9.17) is 11.6 Å². The van der Waals surface area contributed by atoms with Gasteiger partial charge in [0, 0.05) is 0 Å². The van der Waals surface area contributed by atoms with Gasteiger partial charge >= 0.3 is 104 Å². The number of rotatable bonds is 1. The van der Waals surface area contributed by atoms with Crippen molar-refractivity contribution >= 4 is 65.8 Å². The van der Waals surface area contributed by atoms with Crippen LogP contribution in [0.25, 0.3) is 5.03 Å². The molecule has 0 unspecified atom stereocenters. The van der Waals surface area contributed by atoms with E-state index in [-0.39, 0.29) is 0 Å². The van der Waals surface area contributed by atoms with Crippen molar-refractivity contribution in [2.45, 2.75) is 0 Å². The number of fused-ring (bicyclic) bond motifs is 1. The van der Waals surface area contributed by atoms with Crippen LogP contribution in [-0.2, 0) is 4.79 Å². The van der Waals surface area contributed by atoms with Crippen LogP contribution in [0.1, 0.15) is 5.56 Å². The normalized spacial score (nSPS) is 20.5. The summed E-state index contributed by atoms with van der Waals surface area (Å²) in [6.07, 6.45) is 0.854. The van der Waals surface area contributed by atoms with Crippen LogP contribution in [0.15, 0.2) is 27.9 Å². The average molecular weight is 452 g/mol. The van der Waals surface area contributed by atoms with E-state index in [0.717, 1.165) is 15.5 Å². The molecule has 2 rings (SSSR count). The van der Waals surface area contributed by atoms with Gasteiger partial charge in [0.05, 0.1) is 0 Å². The van der Waals surface area contributed by atoms with Crippen LogP contribution in [0.4, 0.5) is 0 Å². The molecule has 1 aliphatic heterocycles. The molecule has 0 saturated heterocycles. The van der Waals surface area contributed by atoms with Crippen LogP contribution >= 0.6 is 37.1 Å². The van der Waals surface area contributed by atoms with Crippen molar-refractivity contribution in [2.75, 3.05) is 0 Å². The molecule has 0 aliphatic carbocycles. The maximum atomic E-state index is 10.9. The zero-order chi connectivity index (χ0) is 10.3. The zero-order valence-corrected chi connectivity index (χ0v) is 13.1. The summed E-state index contributed by atoms with van der Waals surface area (Å²) >= 11 is 10.7. The Kier molecular flexibility index (Phi) is 3.12. The fourth-order valence-electron chi connectivity index (χ4n) is 1.35. The van der Waals surface area contributed by atoms with E-state index >= 15 is 0 Å². The number of hydrogen-bond donors (Lipinski definition) is 0. The predicted molar refractivity (Wildman–Crippen MR) is 68.5 cm³/mol. The van der Waals surface area contributed by atoms with Gasteiger partial charge in [0.1, 0.15) is 0 Å². The summed E-state index contributed by atoms with van der Waals surface area (Å²) in [5.74, 6) is 0. The van der Waals surface area contributed by atoms with Crippen molar-refractivity contribution in [1.82, 2.24) is 0 Å². The molecule has 0 amide bonds. The number of carbonyl (C=O) groups excluding carboxylic acids is 1. The van der Waals surface area contributed by atoms with Gasteiger partial charge in [-0.2, -0.15) is 0 Å². The molecule has 74 valence electrons. The molecular formula is C9H5Br2ClOTe. The maximum absolute atomic E-state index is 10.9. The van der Waals surface area contributed by atoms with Gasteiger partial charge in [0.2, 0.25) is 0 Å². The minimum atomic E-state index is -2.71. The fourth-order valence-corrected chi connectivity index (χ4v) is 14.7. The summed E-state index contributed by atoms with van der Waals surface area (Å²) in [5, 5.41) is 0.588. The molecule has 0 N–H and O–H groups in total. The molecule has 0 fully saturated rings. The van der Waals surface area contributed by atoms with Crippen LogP contribution in [0.5, 0.6) is 0 Å². The predicted octanol–water partition coefficient (Wildman–Crippen LogP) is 2.83. The second kappa shape index (κ2) is 3.92. The molecule has 1 aliphatic rings. The molecule has 1 nitrogen and oxygen atoms in total. The van der Waals surface area contributed by atoms with E-state index in [1.54, 1.807) is 0 Å². The number of benzene rings is 1. The molecular weight excluding hydrogens is 447 g/mol.